The Morgan fingerprint density at radius 3 is 2.55 bits per heavy atom. The molecule has 3 amide bonds. The first-order valence-electron chi connectivity index (χ1n) is 7.56. The number of likely N-dealkylation sites (tertiary alicyclic amines) is 1. The van der Waals surface area contributed by atoms with E-state index in [-0.39, 0.29) is 30.6 Å². The molecule has 0 saturated carbocycles. The zero-order valence-electron chi connectivity index (χ0n) is 12.7. The molecule has 0 aromatic carbocycles. The lowest BCUT2D eigenvalue weighted by Gasteiger charge is -2.46. The summed E-state index contributed by atoms with van der Waals surface area (Å²) >= 11 is 0. The first-order valence-corrected chi connectivity index (χ1v) is 7.56. The van der Waals surface area contributed by atoms with Crippen LogP contribution in [0.5, 0.6) is 0 Å². The molecule has 122 valence electrons. The summed E-state index contributed by atoms with van der Waals surface area (Å²) in [6, 6.07) is 0. The molecule has 0 bridgehead atoms. The van der Waals surface area contributed by atoms with Crippen molar-refractivity contribution < 1.29 is 23.9 Å². The predicted molar refractivity (Wildman–Crippen MR) is 75.1 cm³/mol. The Morgan fingerprint density at radius 1 is 1.23 bits per heavy atom. The van der Waals surface area contributed by atoms with Gasteiger partial charge in [0.2, 0.25) is 11.8 Å². The third-order valence-corrected chi connectivity index (χ3v) is 4.65. The Labute approximate surface area is 128 Å². The van der Waals surface area contributed by atoms with Crippen molar-refractivity contribution in [3.05, 3.63) is 0 Å². The number of ether oxygens (including phenoxy) is 2. The highest BCUT2D eigenvalue weighted by Crippen LogP contribution is 2.30. The summed E-state index contributed by atoms with van der Waals surface area (Å²) in [6.45, 7) is 2.76. The summed E-state index contributed by atoms with van der Waals surface area (Å²) in [4.78, 5) is 40.0. The van der Waals surface area contributed by atoms with Gasteiger partial charge in [0.05, 0.1) is 12.1 Å². The molecule has 1 spiro atoms. The normalized spacial score (nSPS) is 24.9. The van der Waals surface area contributed by atoms with Gasteiger partial charge in [0.25, 0.3) is 0 Å². The highest BCUT2D eigenvalue weighted by Gasteiger charge is 2.42. The fourth-order valence-corrected chi connectivity index (χ4v) is 3.19. The van der Waals surface area contributed by atoms with Crippen LogP contribution in [-0.2, 0) is 19.1 Å². The topological polar surface area (TPSA) is 79.4 Å². The van der Waals surface area contributed by atoms with Gasteiger partial charge in [-0.3, -0.25) is 14.5 Å². The second-order valence-corrected chi connectivity index (χ2v) is 6.14. The zero-order chi connectivity index (χ0) is 15.7. The van der Waals surface area contributed by atoms with Gasteiger partial charge in [0, 0.05) is 26.7 Å². The van der Waals surface area contributed by atoms with Crippen molar-refractivity contribution in [2.45, 2.75) is 18.4 Å². The van der Waals surface area contributed by atoms with E-state index in [2.05, 4.69) is 0 Å². The Hall–Kier alpha value is -1.83. The van der Waals surface area contributed by atoms with Crippen LogP contribution in [0, 0.1) is 0 Å². The van der Waals surface area contributed by atoms with E-state index in [1.54, 1.807) is 16.8 Å². The van der Waals surface area contributed by atoms with Crippen LogP contribution in [0.25, 0.3) is 0 Å². The van der Waals surface area contributed by atoms with Gasteiger partial charge in [-0.15, -0.1) is 0 Å². The number of morpholine rings is 1. The summed E-state index contributed by atoms with van der Waals surface area (Å²) in [6.07, 6.45) is 0.999. The number of cyclic esters (lactones) is 1. The third-order valence-electron chi connectivity index (χ3n) is 4.65. The predicted octanol–water partition coefficient (Wildman–Crippen LogP) is -0.712. The number of nitrogens with zero attached hydrogens (tertiary/aromatic N) is 3. The van der Waals surface area contributed by atoms with Gasteiger partial charge in [-0.25, -0.2) is 4.79 Å². The van der Waals surface area contributed by atoms with Crippen LogP contribution in [-0.4, -0.2) is 91.2 Å². The number of piperidine rings is 1. The van der Waals surface area contributed by atoms with Gasteiger partial charge in [0.15, 0.2) is 0 Å². The Bertz CT molecular complexity index is 487. The number of amides is 3. The molecule has 3 heterocycles. The number of hydrogen-bond donors (Lipinski definition) is 0. The van der Waals surface area contributed by atoms with E-state index in [1.165, 1.54) is 4.90 Å². The second kappa shape index (κ2) is 5.75. The molecular weight excluding hydrogens is 290 g/mol. The Morgan fingerprint density at radius 2 is 1.95 bits per heavy atom. The SMILES string of the molecule is CN1CC2(CCN(C(=O)CN3CCOC3=O)CC2)OCC1=O. The summed E-state index contributed by atoms with van der Waals surface area (Å²) in [5.41, 5.74) is -0.327. The number of likely N-dealkylation sites (N-methyl/N-ethyl adjacent to an activating group) is 1. The quantitative estimate of drug-likeness (QED) is 0.673. The summed E-state index contributed by atoms with van der Waals surface area (Å²) in [5, 5.41) is 0. The van der Waals surface area contributed by atoms with E-state index in [1.807, 2.05) is 0 Å². The summed E-state index contributed by atoms with van der Waals surface area (Å²) < 4.78 is 10.6. The van der Waals surface area contributed by atoms with Crippen molar-refractivity contribution in [2.75, 3.05) is 53.0 Å². The van der Waals surface area contributed by atoms with Crippen molar-refractivity contribution in [2.24, 2.45) is 0 Å². The van der Waals surface area contributed by atoms with Crippen LogP contribution >= 0.6 is 0 Å². The first-order chi connectivity index (χ1) is 10.5. The van der Waals surface area contributed by atoms with Gasteiger partial charge in [-0.2, -0.15) is 0 Å². The monoisotopic (exact) mass is 311 g/mol. The zero-order valence-corrected chi connectivity index (χ0v) is 12.7. The van der Waals surface area contributed by atoms with Gasteiger partial charge in [-0.1, -0.05) is 0 Å². The molecule has 3 fully saturated rings. The summed E-state index contributed by atoms with van der Waals surface area (Å²) in [5.74, 6) is -0.0642. The number of hydrogen-bond acceptors (Lipinski definition) is 5. The van der Waals surface area contributed by atoms with Crippen LogP contribution in [0.1, 0.15) is 12.8 Å². The maximum atomic E-state index is 12.3. The van der Waals surface area contributed by atoms with Crippen molar-refractivity contribution in [3.8, 4) is 0 Å². The molecule has 3 aliphatic heterocycles. The van der Waals surface area contributed by atoms with E-state index in [9.17, 15) is 14.4 Å². The largest absolute Gasteiger partial charge is 0.448 e. The minimum atomic E-state index is -0.419. The molecule has 0 N–H and O–H groups in total. The van der Waals surface area contributed by atoms with E-state index in [4.69, 9.17) is 9.47 Å². The van der Waals surface area contributed by atoms with Crippen LogP contribution in [0.3, 0.4) is 0 Å². The molecule has 0 radical (unpaired) electrons. The molecule has 0 aromatic rings. The first kappa shape index (κ1) is 15.1. The molecule has 8 heteroatoms. The fraction of sp³-hybridized carbons (Fsp3) is 0.786. The van der Waals surface area contributed by atoms with E-state index in [0.717, 1.165) is 0 Å². The highest BCUT2D eigenvalue weighted by atomic mass is 16.6. The molecule has 0 aromatic heterocycles. The number of carbonyl (C=O) groups is 3. The highest BCUT2D eigenvalue weighted by molar-refractivity contribution is 5.83. The van der Waals surface area contributed by atoms with Crippen molar-refractivity contribution in [1.82, 2.24) is 14.7 Å². The maximum absolute atomic E-state index is 12.3. The van der Waals surface area contributed by atoms with Gasteiger partial charge in [0.1, 0.15) is 19.8 Å². The molecule has 3 rings (SSSR count). The molecule has 0 aliphatic carbocycles. The Balaban J connectivity index is 1.52. The van der Waals surface area contributed by atoms with Crippen molar-refractivity contribution >= 4 is 17.9 Å². The maximum Gasteiger partial charge on any atom is 0.410 e. The van der Waals surface area contributed by atoms with E-state index < -0.39 is 6.09 Å². The molecule has 3 aliphatic rings. The third kappa shape index (κ3) is 2.87. The lowest BCUT2D eigenvalue weighted by atomic mass is 9.89. The van der Waals surface area contributed by atoms with Crippen molar-refractivity contribution in [1.29, 1.82) is 0 Å². The summed E-state index contributed by atoms with van der Waals surface area (Å²) in [7, 11) is 1.78. The van der Waals surface area contributed by atoms with Crippen LogP contribution < -0.4 is 0 Å². The lowest BCUT2D eigenvalue weighted by Crippen LogP contribution is -2.58. The van der Waals surface area contributed by atoms with Crippen LogP contribution in [0.2, 0.25) is 0 Å². The second-order valence-electron chi connectivity index (χ2n) is 6.14. The fourth-order valence-electron chi connectivity index (χ4n) is 3.19. The molecular formula is C14H21N3O5. The average molecular weight is 311 g/mol. The average Bonchev–Trinajstić information content (AvgIpc) is 2.89. The number of rotatable bonds is 2. The van der Waals surface area contributed by atoms with Gasteiger partial charge >= 0.3 is 6.09 Å². The molecule has 0 unspecified atom stereocenters. The minimum absolute atomic E-state index is 0.00308. The van der Waals surface area contributed by atoms with Crippen LogP contribution in [0.15, 0.2) is 0 Å². The number of carbonyl (C=O) groups excluding carboxylic acids is 3. The molecule has 0 atom stereocenters. The molecule has 3 saturated heterocycles. The van der Waals surface area contributed by atoms with Crippen LogP contribution in [0.4, 0.5) is 4.79 Å². The molecule has 8 nitrogen and oxygen atoms in total. The van der Waals surface area contributed by atoms with E-state index >= 15 is 0 Å². The van der Waals surface area contributed by atoms with Gasteiger partial charge < -0.3 is 19.3 Å². The molecule has 22 heavy (non-hydrogen) atoms. The Kier molecular flexibility index (Phi) is 3.94. The van der Waals surface area contributed by atoms with Crippen molar-refractivity contribution in [3.63, 3.8) is 0 Å². The smallest absolute Gasteiger partial charge is 0.410 e. The lowest BCUT2D eigenvalue weighted by molar-refractivity contribution is -0.170. The van der Waals surface area contributed by atoms with E-state index in [0.29, 0.717) is 45.6 Å². The minimum Gasteiger partial charge on any atom is -0.448 e. The standard InChI is InChI=1S/C14H21N3O5/c1-15-10-14(22-9-12(15)19)2-4-16(5-3-14)11(18)8-17-6-7-21-13(17)20/h2-10H2,1H3. The van der Waals surface area contributed by atoms with Gasteiger partial charge in [-0.05, 0) is 12.8 Å².